The summed E-state index contributed by atoms with van der Waals surface area (Å²) in [5.74, 6) is 0. The molecule has 0 radical (unpaired) electrons. The molecule has 0 fully saturated rings. The molecule has 3 nitrogen and oxygen atoms in total. The highest BCUT2D eigenvalue weighted by Gasteiger charge is 2.01. The predicted octanol–water partition coefficient (Wildman–Crippen LogP) is 2.22. The van der Waals surface area contributed by atoms with Gasteiger partial charge in [-0.1, -0.05) is 13.3 Å². The van der Waals surface area contributed by atoms with Crippen LogP contribution in [0.1, 0.15) is 30.3 Å². The van der Waals surface area contributed by atoms with Crippen LogP contribution in [0.2, 0.25) is 0 Å². The molecule has 2 N–H and O–H groups in total. The molecule has 0 bridgehead atoms. The molecule has 84 valence electrons. The highest BCUT2D eigenvalue weighted by Crippen LogP contribution is 2.10. The van der Waals surface area contributed by atoms with Gasteiger partial charge in [0.15, 0.2) is 5.11 Å². The van der Waals surface area contributed by atoms with E-state index in [0.29, 0.717) is 0 Å². The second kappa shape index (κ2) is 6.74. The van der Waals surface area contributed by atoms with Gasteiger partial charge in [-0.2, -0.15) is 0 Å². The van der Waals surface area contributed by atoms with E-state index in [1.165, 1.54) is 11.3 Å². The number of aromatic nitrogens is 1. The molecular formula is C10H17N3S2. The predicted molar refractivity (Wildman–Crippen MR) is 69.2 cm³/mol. The number of hydrogen-bond acceptors (Lipinski definition) is 3. The minimum absolute atomic E-state index is 0.733. The average Bonchev–Trinajstić information content (AvgIpc) is 2.61. The quantitative estimate of drug-likeness (QED) is 0.614. The lowest BCUT2D eigenvalue weighted by molar-refractivity contribution is 0.739. The molecule has 0 aliphatic rings. The molecule has 1 heterocycles. The van der Waals surface area contributed by atoms with Crippen LogP contribution in [0.25, 0.3) is 0 Å². The van der Waals surface area contributed by atoms with Gasteiger partial charge in [-0.3, -0.25) is 0 Å². The Hall–Kier alpha value is -0.680. The first-order valence-electron chi connectivity index (χ1n) is 5.14. The van der Waals surface area contributed by atoms with Crippen LogP contribution in [0, 0.1) is 6.92 Å². The van der Waals surface area contributed by atoms with E-state index in [-0.39, 0.29) is 0 Å². The Morgan fingerprint density at radius 2 is 2.33 bits per heavy atom. The van der Waals surface area contributed by atoms with Gasteiger partial charge in [0.05, 0.1) is 17.7 Å². The first-order valence-corrected chi connectivity index (χ1v) is 6.43. The van der Waals surface area contributed by atoms with Gasteiger partial charge in [-0.25, -0.2) is 4.98 Å². The topological polar surface area (TPSA) is 37.0 Å². The monoisotopic (exact) mass is 243 g/mol. The molecule has 0 amide bonds. The number of thiocarbonyl (C=S) groups is 1. The highest BCUT2D eigenvalue weighted by atomic mass is 32.1. The van der Waals surface area contributed by atoms with Gasteiger partial charge < -0.3 is 10.6 Å². The Bertz CT molecular complexity index is 309. The lowest BCUT2D eigenvalue weighted by atomic mass is 10.3. The van der Waals surface area contributed by atoms with Gasteiger partial charge in [0, 0.05) is 11.4 Å². The molecule has 15 heavy (non-hydrogen) atoms. The van der Waals surface area contributed by atoms with Crippen LogP contribution >= 0.6 is 23.6 Å². The third kappa shape index (κ3) is 4.57. The summed E-state index contributed by atoms with van der Waals surface area (Å²) in [5.41, 5.74) is 2.95. The summed E-state index contributed by atoms with van der Waals surface area (Å²) in [4.78, 5) is 5.43. The summed E-state index contributed by atoms with van der Waals surface area (Å²) < 4.78 is 0. The minimum atomic E-state index is 0.733. The molecular weight excluding hydrogens is 226 g/mol. The number of nitrogens with one attached hydrogen (secondary N) is 2. The molecule has 0 saturated heterocycles. The van der Waals surface area contributed by atoms with E-state index >= 15 is 0 Å². The third-order valence-corrected chi connectivity index (χ3v) is 3.29. The van der Waals surface area contributed by atoms with Crippen LogP contribution in [-0.2, 0) is 6.54 Å². The van der Waals surface area contributed by atoms with E-state index in [4.69, 9.17) is 12.2 Å². The Morgan fingerprint density at radius 3 is 2.93 bits per heavy atom. The lowest BCUT2D eigenvalue weighted by Crippen LogP contribution is -2.35. The van der Waals surface area contributed by atoms with Gasteiger partial charge >= 0.3 is 0 Å². The van der Waals surface area contributed by atoms with Crippen molar-refractivity contribution < 1.29 is 0 Å². The minimum Gasteiger partial charge on any atom is -0.363 e. The molecule has 0 aliphatic carbocycles. The first kappa shape index (κ1) is 12.4. The summed E-state index contributed by atoms with van der Waals surface area (Å²) in [5, 5.41) is 7.08. The van der Waals surface area contributed by atoms with Crippen molar-refractivity contribution in [2.75, 3.05) is 6.54 Å². The second-order valence-corrected chi connectivity index (χ2v) is 4.67. The van der Waals surface area contributed by atoms with E-state index in [2.05, 4.69) is 22.5 Å². The van der Waals surface area contributed by atoms with E-state index in [0.717, 1.165) is 30.3 Å². The zero-order chi connectivity index (χ0) is 11.1. The van der Waals surface area contributed by atoms with Crippen molar-refractivity contribution in [3.05, 3.63) is 16.1 Å². The van der Waals surface area contributed by atoms with Crippen molar-refractivity contribution in [3.8, 4) is 0 Å². The number of hydrogen-bond donors (Lipinski definition) is 2. The molecule has 1 aromatic heterocycles. The van der Waals surface area contributed by atoms with E-state index in [9.17, 15) is 0 Å². The van der Waals surface area contributed by atoms with Crippen molar-refractivity contribution in [3.63, 3.8) is 0 Å². The Labute approximate surface area is 100 Å². The van der Waals surface area contributed by atoms with Crippen LogP contribution in [0.5, 0.6) is 0 Å². The molecule has 0 saturated carbocycles. The summed E-state index contributed by atoms with van der Waals surface area (Å²) in [6.07, 6.45) is 2.34. The zero-order valence-electron chi connectivity index (χ0n) is 9.17. The van der Waals surface area contributed by atoms with Gasteiger partial charge in [0.2, 0.25) is 0 Å². The lowest BCUT2D eigenvalue weighted by Gasteiger charge is -2.09. The fraction of sp³-hybridized carbons (Fsp3) is 0.600. The van der Waals surface area contributed by atoms with Crippen molar-refractivity contribution in [1.82, 2.24) is 15.6 Å². The summed E-state index contributed by atoms with van der Waals surface area (Å²) in [7, 11) is 0. The SMILES string of the molecule is CCCCNC(=S)NCc1scnc1C. The van der Waals surface area contributed by atoms with Crippen molar-refractivity contribution in [1.29, 1.82) is 0 Å². The maximum absolute atomic E-state index is 5.15. The Kier molecular flexibility index (Phi) is 5.57. The van der Waals surface area contributed by atoms with Crippen LogP contribution in [0.3, 0.4) is 0 Å². The van der Waals surface area contributed by atoms with Gasteiger partial charge in [0.25, 0.3) is 0 Å². The second-order valence-electron chi connectivity index (χ2n) is 3.32. The standard InChI is InChI=1S/C10H17N3S2/c1-3-4-5-11-10(14)12-6-9-8(2)13-7-15-9/h7H,3-6H2,1-2H3,(H2,11,12,14). The summed E-state index contributed by atoms with van der Waals surface area (Å²) in [6.45, 7) is 5.90. The number of unbranched alkanes of at least 4 members (excludes halogenated alkanes) is 1. The molecule has 1 rings (SSSR count). The van der Waals surface area contributed by atoms with Crippen molar-refractivity contribution in [2.24, 2.45) is 0 Å². The maximum Gasteiger partial charge on any atom is 0.166 e. The fourth-order valence-corrected chi connectivity index (χ4v) is 1.99. The van der Waals surface area contributed by atoms with Crippen molar-refractivity contribution in [2.45, 2.75) is 33.2 Å². The van der Waals surface area contributed by atoms with E-state index in [1.807, 2.05) is 12.4 Å². The van der Waals surface area contributed by atoms with Gasteiger partial charge in [-0.15, -0.1) is 11.3 Å². The number of rotatable bonds is 5. The first-order chi connectivity index (χ1) is 7.24. The van der Waals surface area contributed by atoms with E-state index < -0.39 is 0 Å². The molecule has 1 aromatic rings. The van der Waals surface area contributed by atoms with Crippen LogP contribution in [-0.4, -0.2) is 16.6 Å². The van der Waals surface area contributed by atoms with Crippen LogP contribution in [0.4, 0.5) is 0 Å². The fourth-order valence-electron chi connectivity index (χ4n) is 1.10. The molecule has 0 spiro atoms. The van der Waals surface area contributed by atoms with Gasteiger partial charge in [-0.05, 0) is 25.6 Å². The highest BCUT2D eigenvalue weighted by molar-refractivity contribution is 7.80. The maximum atomic E-state index is 5.15. The van der Waals surface area contributed by atoms with Crippen LogP contribution in [0.15, 0.2) is 5.51 Å². The summed E-state index contributed by atoms with van der Waals surface area (Å²) >= 11 is 6.80. The van der Waals surface area contributed by atoms with E-state index in [1.54, 1.807) is 11.3 Å². The molecule has 0 aromatic carbocycles. The molecule has 0 aliphatic heterocycles. The smallest absolute Gasteiger partial charge is 0.166 e. The molecule has 0 unspecified atom stereocenters. The number of nitrogens with zero attached hydrogens (tertiary/aromatic N) is 1. The van der Waals surface area contributed by atoms with Crippen molar-refractivity contribution >= 4 is 28.7 Å². The zero-order valence-corrected chi connectivity index (χ0v) is 10.8. The summed E-state index contributed by atoms with van der Waals surface area (Å²) in [6, 6.07) is 0. The molecule has 0 atom stereocenters. The number of thiazole rings is 1. The van der Waals surface area contributed by atoms with Crippen LogP contribution < -0.4 is 10.6 Å². The Morgan fingerprint density at radius 1 is 1.53 bits per heavy atom. The normalized spacial score (nSPS) is 10.0. The molecule has 5 heteroatoms. The Balaban J connectivity index is 2.20. The number of aryl methyl sites for hydroxylation is 1. The average molecular weight is 243 g/mol. The largest absolute Gasteiger partial charge is 0.363 e. The third-order valence-electron chi connectivity index (χ3n) is 2.07. The van der Waals surface area contributed by atoms with Gasteiger partial charge in [0.1, 0.15) is 0 Å².